The first kappa shape index (κ1) is 13.3. The van der Waals surface area contributed by atoms with E-state index in [0.29, 0.717) is 22.4 Å². The van der Waals surface area contributed by atoms with Crippen LogP contribution in [0.3, 0.4) is 0 Å². The molecule has 5 nitrogen and oxygen atoms in total. The summed E-state index contributed by atoms with van der Waals surface area (Å²) >= 11 is 0. The van der Waals surface area contributed by atoms with Crippen LogP contribution in [0.5, 0.6) is 5.75 Å². The predicted molar refractivity (Wildman–Crippen MR) is 79.5 cm³/mol. The lowest BCUT2D eigenvalue weighted by atomic mass is 10.0. The Balaban J connectivity index is 2.19. The fourth-order valence-electron chi connectivity index (χ4n) is 2.37. The van der Waals surface area contributed by atoms with E-state index in [4.69, 9.17) is 0 Å². The maximum Gasteiger partial charge on any atom is 0.256 e. The van der Waals surface area contributed by atoms with E-state index in [1.165, 1.54) is 6.20 Å². The van der Waals surface area contributed by atoms with Gasteiger partial charge in [0, 0.05) is 34.1 Å². The van der Waals surface area contributed by atoms with Gasteiger partial charge in [0.05, 0.1) is 12.3 Å². The number of aliphatic hydroxyl groups is 1. The molecule has 0 saturated heterocycles. The van der Waals surface area contributed by atoms with Gasteiger partial charge in [-0.2, -0.15) is 0 Å². The number of benzene rings is 1. The normalized spacial score (nSPS) is 15.1. The van der Waals surface area contributed by atoms with E-state index in [0.717, 1.165) is 11.3 Å². The Morgan fingerprint density at radius 1 is 1.33 bits per heavy atom. The van der Waals surface area contributed by atoms with Crippen molar-refractivity contribution in [1.29, 1.82) is 0 Å². The van der Waals surface area contributed by atoms with Crippen molar-refractivity contribution in [1.82, 2.24) is 4.98 Å². The van der Waals surface area contributed by atoms with E-state index >= 15 is 0 Å². The SMILES string of the molecule is Cc1ncc(CO)c(/C=C2\C(=O)Nc3ccccc32)c1O. The Kier molecular flexibility index (Phi) is 3.19. The second-order valence-corrected chi connectivity index (χ2v) is 4.85. The number of carbonyl (C=O) groups excluding carboxylic acids is 1. The number of nitrogens with zero attached hydrogens (tertiary/aromatic N) is 1. The Bertz CT molecular complexity index is 766. The third-order valence-electron chi connectivity index (χ3n) is 3.53. The third-order valence-corrected chi connectivity index (χ3v) is 3.53. The Morgan fingerprint density at radius 3 is 2.86 bits per heavy atom. The molecule has 2 aromatic rings. The summed E-state index contributed by atoms with van der Waals surface area (Å²) < 4.78 is 0. The van der Waals surface area contributed by atoms with Crippen molar-refractivity contribution < 1.29 is 15.0 Å². The molecule has 1 aromatic carbocycles. The minimum atomic E-state index is -0.261. The molecule has 0 saturated carbocycles. The number of aromatic nitrogens is 1. The van der Waals surface area contributed by atoms with Gasteiger partial charge >= 0.3 is 0 Å². The number of rotatable bonds is 2. The number of nitrogens with one attached hydrogen (secondary N) is 1. The van der Waals surface area contributed by atoms with E-state index in [1.54, 1.807) is 13.0 Å². The molecule has 0 aliphatic carbocycles. The van der Waals surface area contributed by atoms with Crippen LogP contribution in [0.25, 0.3) is 11.6 Å². The van der Waals surface area contributed by atoms with Gasteiger partial charge in [-0.1, -0.05) is 18.2 Å². The van der Waals surface area contributed by atoms with E-state index in [2.05, 4.69) is 10.3 Å². The average molecular weight is 282 g/mol. The van der Waals surface area contributed by atoms with Crippen LogP contribution >= 0.6 is 0 Å². The number of aryl methyl sites for hydroxylation is 1. The molecule has 0 spiro atoms. The zero-order chi connectivity index (χ0) is 15.0. The molecule has 1 aliphatic rings. The number of hydrogen-bond acceptors (Lipinski definition) is 4. The van der Waals surface area contributed by atoms with Crippen LogP contribution < -0.4 is 5.32 Å². The fourth-order valence-corrected chi connectivity index (χ4v) is 2.37. The Hall–Kier alpha value is -2.66. The highest BCUT2D eigenvalue weighted by Gasteiger charge is 2.24. The van der Waals surface area contributed by atoms with Crippen LogP contribution in [0.15, 0.2) is 30.5 Å². The molecule has 3 rings (SSSR count). The quantitative estimate of drug-likeness (QED) is 0.736. The van der Waals surface area contributed by atoms with Gasteiger partial charge in [0.1, 0.15) is 5.75 Å². The molecule has 21 heavy (non-hydrogen) atoms. The maximum atomic E-state index is 12.1. The van der Waals surface area contributed by atoms with Crippen molar-refractivity contribution in [3.8, 4) is 5.75 Å². The van der Waals surface area contributed by atoms with Gasteiger partial charge in [-0.05, 0) is 19.1 Å². The number of para-hydroxylation sites is 1. The van der Waals surface area contributed by atoms with Gasteiger partial charge in [0.2, 0.25) is 0 Å². The van der Waals surface area contributed by atoms with Crippen molar-refractivity contribution in [3.63, 3.8) is 0 Å². The molecule has 0 radical (unpaired) electrons. The molecule has 1 amide bonds. The second-order valence-electron chi connectivity index (χ2n) is 4.85. The number of anilines is 1. The van der Waals surface area contributed by atoms with Gasteiger partial charge < -0.3 is 15.5 Å². The summed E-state index contributed by atoms with van der Waals surface area (Å²) in [4.78, 5) is 16.1. The van der Waals surface area contributed by atoms with E-state index < -0.39 is 0 Å². The highest BCUT2D eigenvalue weighted by molar-refractivity contribution is 6.35. The first-order valence-corrected chi connectivity index (χ1v) is 6.52. The average Bonchev–Trinajstić information content (AvgIpc) is 2.80. The molecule has 5 heteroatoms. The fraction of sp³-hybridized carbons (Fsp3) is 0.125. The first-order valence-electron chi connectivity index (χ1n) is 6.52. The third kappa shape index (κ3) is 2.17. The van der Waals surface area contributed by atoms with Crippen molar-refractivity contribution >= 4 is 23.2 Å². The number of aliphatic hydroxyl groups excluding tert-OH is 1. The van der Waals surface area contributed by atoms with Crippen molar-refractivity contribution in [2.24, 2.45) is 0 Å². The number of aromatic hydroxyl groups is 1. The van der Waals surface area contributed by atoms with Crippen LogP contribution in [0.4, 0.5) is 5.69 Å². The molecule has 0 atom stereocenters. The van der Waals surface area contributed by atoms with E-state index in [1.807, 2.05) is 24.3 Å². The lowest BCUT2D eigenvalue weighted by Gasteiger charge is -2.08. The molecule has 1 aromatic heterocycles. The summed E-state index contributed by atoms with van der Waals surface area (Å²) in [6.07, 6.45) is 3.09. The lowest BCUT2D eigenvalue weighted by molar-refractivity contribution is -0.110. The lowest BCUT2D eigenvalue weighted by Crippen LogP contribution is -2.04. The van der Waals surface area contributed by atoms with Crippen LogP contribution in [0, 0.1) is 6.92 Å². The highest BCUT2D eigenvalue weighted by Crippen LogP contribution is 2.35. The molecule has 1 aliphatic heterocycles. The molecule has 106 valence electrons. The summed E-state index contributed by atoms with van der Waals surface area (Å²) in [5.74, 6) is -0.250. The van der Waals surface area contributed by atoms with Crippen LogP contribution in [-0.4, -0.2) is 21.1 Å². The molecule has 2 heterocycles. The molecule has 0 bridgehead atoms. The summed E-state index contributed by atoms with van der Waals surface area (Å²) in [5, 5.41) is 22.3. The highest BCUT2D eigenvalue weighted by atomic mass is 16.3. The van der Waals surface area contributed by atoms with Crippen molar-refractivity contribution in [2.45, 2.75) is 13.5 Å². The summed E-state index contributed by atoms with van der Waals surface area (Å²) in [5.41, 5.74) is 3.33. The van der Waals surface area contributed by atoms with E-state index in [9.17, 15) is 15.0 Å². The van der Waals surface area contributed by atoms with Gasteiger partial charge in [0.25, 0.3) is 5.91 Å². The summed E-state index contributed by atoms with van der Waals surface area (Å²) in [6.45, 7) is 1.41. The molecular formula is C16H14N2O3. The molecular weight excluding hydrogens is 268 g/mol. The summed E-state index contributed by atoms with van der Waals surface area (Å²) in [6, 6.07) is 7.34. The Labute approximate surface area is 121 Å². The van der Waals surface area contributed by atoms with E-state index in [-0.39, 0.29) is 18.3 Å². The minimum Gasteiger partial charge on any atom is -0.505 e. The van der Waals surface area contributed by atoms with Crippen molar-refractivity contribution in [3.05, 3.63) is 52.8 Å². The van der Waals surface area contributed by atoms with Gasteiger partial charge in [-0.15, -0.1) is 0 Å². The Morgan fingerprint density at radius 2 is 2.10 bits per heavy atom. The number of hydrogen-bond donors (Lipinski definition) is 3. The topological polar surface area (TPSA) is 82.5 Å². The monoisotopic (exact) mass is 282 g/mol. The largest absolute Gasteiger partial charge is 0.505 e. The van der Waals surface area contributed by atoms with Gasteiger partial charge in [-0.3, -0.25) is 9.78 Å². The van der Waals surface area contributed by atoms with Gasteiger partial charge in [0.15, 0.2) is 0 Å². The number of fused-ring (bicyclic) bond motifs is 1. The standard InChI is InChI=1S/C16H14N2O3/c1-9-15(20)12(10(8-19)7-17-9)6-13-11-4-2-3-5-14(11)18-16(13)21/h2-7,19-20H,8H2,1H3,(H,18,21)/b13-6-. The number of carbonyl (C=O) groups is 1. The maximum absolute atomic E-state index is 12.1. The predicted octanol–water partition coefficient (Wildman–Crippen LogP) is 2.08. The number of amides is 1. The smallest absolute Gasteiger partial charge is 0.256 e. The van der Waals surface area contributed by atoms with Crippen molar-refractivity contribution in [2.75, 3.05) is 5.32 Å². The van der Waals surface area contributed by atoms with Crippen LogP contribution in [0.2, 0.25) is 0 Å². The zero-order valence-electron chi connectivity index (χ0n) is 11.4. The molecule has 0 unspecified atom stereocenters. The molecule has 3 N–H and O–H groups in total. The van der Waals surface area contributed by atoms with Crippen LogP contribution in [-0.2, 0) is 11.4 Å². The minimum absolute atomic E-state index is 0.0220. The second kappa shape index (κ2) is 5.03. The van der Waals surface area contributed by atoms with Crippen LogP contribution in [0.1, 0.15) is 22.4 Å². The van der Waals surface area contributed by atoms with Gasteiger partial charge in [-0.25, -0.2) is 0 Å². The zero-order valence-corrected chi connectivity index (χ0v) is 11.4. The molecule has 0 fully saturated rings. The summed E-state index contributed by atoms with van der Waals surface area (Å²) in [7, 11) is 0. The number of pyridine rings is 1. The first-order chi connectivity index (χ1) is 10.1.